The zero-order valence-corrected chi connectivity index (χ0v) is 16.0. The standard InChI is InChI=1S/C21H17FN4OS/c1-14-5-7-15(8-6-14)12-26-20(27)18-19(24-10-9-23-18)25-21(26)28-13-16-3-2-4-17(22)11-16/h2-11H,12-13H2,1H3. The van der Waals surface area contributed by atoms with Gasteiger partial charge in [0.25, 0.3) is 5.56 Å². The molecule has 0 bridgehead atoms. The summed E-state index contributed by atoms with van der Waals surface area (Å²) in [7, 11) is 0. The number of aromatic nitrogens is 4. The molecule has 2 heterocycles. The van der Waals surface area contributed by atoms with Crippen LogP contribution in [-0.4, -0.2) is 19.5 Å². The van der Waals surface area contributed by atoms with Crippen LogP contribution in [0.4, 0.5) is 4.39 Å². The van der Waals surface area contributed by atoms with Gasteiger partial charge in [-0.25, -0.2) is 19.3 Å². The summed E-state index contributed by atoms with van der Waals surface area (Å²) < 4.78 is 15.1. The smallest absolute Gasteiger partial charge is 0.281 e. The van der Waals surface area contributed by atoms with Gasteiger partial charge in [0.15, 0.2) is 16.3 Å². The molecule has 4 rings (SSSR count). The average Bonchev–Trinajstić information content (AvgIpc) is 2.70. The second kappa shape index (κ2) is 7.90. The maximum atomic E-state index is 13.5. The number of benzene rings is 2. The van der Waals surface area contributed by atoms with Gasteiger partial charge in [0.1, 0.15) is 5.82 Å². The fourth-order valence-electron chi connectivity index (χ4n) is 2.83. The van der Waals surface area contributed by atoms with Crippen LogP contribution >= 0.6 is 11.8 Å². The van der Waals surface area contributed by atoms with Crippen molar-refractivity contribution in [3.05, 3.63) is 93.8 Å². The van der Waals surface area contributed by atoms with Gasteiger partial charge in [0.2, 0.25) is 0 Å². The highest BCUT2D eigenvalue weighted by Gasteiger charge is 2.14. The van der Waals surface area contributed by atoms with E-state index < -0.39 is 0 Å². The van der Waals surface area contributed by atoms with Crippen molar-refractivity contribution in [2.45, 2.75) is 24.4 Å². The zero-order valence-electron chi connectivity index (χ0n) is 15.2. The number of hydrogen-bond donors (Lipinski definition) is 0. The van der Waals surface area contributed by atoms with Crippen LogP contribution < -0.4 is 5.56 Å². The predicted octanol–water partition coefficient (Wildman–Crippen LogP) is 3.97. The number of hydrogen-bond acceptors (Lipinski definition) is 5. The molecule has 0 radical (unpaired) electrons. The fourth-order valence-corrected chi connectivity index (χ4v) is 3.76. The van der Waals surface area contributed by atoms with Crippen LogP contribution in [0.25, 0.3) is 11.2 Å². The lowest BCUT2D eigenvalue weighted by atomic mass is 10.1. The molecule has 0 atom stereocenters. The Balaban J connectivity index is 1.74. The van der Waals surface area contributed by atoms with Crippen molar-refractivity contribution in [3.63, 3.8) is 0 Å². The molecule has 2 aromatic carbocycles. The molecular formula is C21H17FN4OS. The Hall–Kier alpha value is -3.06. The van der Waals surface area contributed by atoms with E-state index in [2.05, 4.69) is 15.0 Å². The fraction of sp³-hybridized carbons (Fsp3) is 0.143. The van der Waals surface area contributed by atoms with E-state index >= 15 is 0 Å². The summed E-state index contributed by atoms with van der Waals surface area (Å²) in [5, 5.41) is 0.530. The zero-order chi connectivity index (χ0) is 19.5. The molecule has 2 aromatic heterocycles. The van der Waals surface area contributed by atoms with E-state index in [1.165, 1.54) is 36.3 Å². The van der Waals surface area contributed by atoms with E-state index in [0.717, 1.165) is 16.7 Å². The summed E-state index contributed by atoms with van der Waals surface area (Å²) in [6.07, 6.45) is 3.00. The topological polar surface area (TPSA) is 60.7 Å². The van der Waals surface area contributed by atoms with Gasteiger partial charge in [-0.3, -0.25) is 9.36 Å². The van der Waals surface area contributed by atoms with Crippen LogP contribution in [0.2, 0.25) is 0 Å². The highest BCUT2D eigenvalue weighted by atomic mass is 32.2. The minimum absolute atomic E-state index is 0.236. The summed E-state index contributed by atoms with van der Waals surface area (Å²) in [5.74, 6) is 0.205. The molecule has 0 amide bonds. The number of nitrogens with zero attached hydrogens (tertiary/aromatic N) is 4. The molecule has 0 aliphatic heterocycles. The third-order valence-electron chi connectivity index (χ3n) is 4.28. The first-order chi connectivity index (χ1) is 13.6. The van der Waals surface area contributed by atoms with Crippen molar-refractivity contribution in [1.29, 1.82) is 0 Å². The Morgan fingerprint density at radius 3 is 2.61 bits per heavy atom. The van der Waals surface area contributed by atoms with Crippen molar-refractivity contribution in [1.82, 2.24) is 19.5 Å². The number of fused-ring (bicyclic) bond motifs is 1. The average molecular weight is 392 g/mol. The van der Waals surface area contributed by atoms with Gasteiger partial charge < -0.3 is 0 Å². The lowest BCUT2D eigenvalue weighted by Crippen LogP contribution is -2.25. The van der Waals surface area contributed by atoms with E-state index in [4.69, 9.17) is 0 Å². The molecule has 0 saturated heterocycles. The number of halogens is 1. The molecule has 4 aromatic rings. The Bertz CT molecular complexity index is 1190. The Morgan fingerprint density at radius 1 is 1.04 bits per heavy atom. The Morgan fingerprint density at radius 2 is 1.82 bits per heavy atom. The van der Waals surface area contributed by atoms with Crippen LogP contribution in [0.1, 0.15) is 16.7 Å². The molecule has 0 saturated carbocycles. The normalized spacial score (nSPS) is 11.1. The largest absolute Gasteiger partial charge is 0.282 e. The van der Waals surface area contributed by atoms with Gasteiger partial charge in [0, 0.05) is 18.1 Å². The summed E-state index contributed by atoms with van der Waals surface area (Å²) in [6.45, 7) is 2.40. The second-order valence-electron chi connectivity index (χ2n) is 6.42. The van der Waals surface area contributed by atoms with Crippen LogP contribution in [0.3, 0.4) is 0 Å². The summed E-state index contributed by atoms with van der Waals surface area (Å²) in [5.41, 5.74) is 3.28. The highest BCUT2D eigenvalue weighted by molar-refractivity contribution is 7.98. The van der Waals surface area contributed by atoms with Crippen LogP contribution in [-0.2, 0) is 12.3 Å². The van der Waals surface area contributed by atoms with Gasteiger partial charge in [-0.1, -0.05) is 53.7 Å². The molecule has 0 unspecified atom stereocenters. The summed E-state index contributed by atoms with van der Waals surface area (Å²) >= 11 is 1.38. The van der Waals surface area contributed by atoms with Gasteiger partial charge in [-0.05, 0) is 30.2 Å². The van der Waals surface area contributed by atoms with Crippen LogP contribution in [0.15, 0.2) is 70.9 Å². The molecule has 140 valence electrons. The molecule has 0 aliphatic rings. The molecule has 0 aliphatic carbocycles. The molecule has 5 nitrogen and oxygen atoms in total. The number of rotatable bonds is 5. The SMILES string of the molecule is Cc1ccc(Cn2c(SCc3cccc(F)c3)nc3nccnc3c2=O)cc1. The monoisotopic (exact) mass is 392 g/mol. The van der Waals surface area contributed by atoms with E-state index in [9.17, 15) is 9.18 Å². The maximum absolute atomic E-state index is 13.5. The number of aryl methyl sites for hydroxylation is 1. The maximum Gasteiger partial charge on any atom is 0.282 e. The van der Waals surface area contributed by atoms with Crippen LogP contribution in [0, 0.1) is 12.7 Å². The Labute approximate surface area is 165 Å². The van der Waals surface area contributed by atoms with Crippen molar-refractivity contribution in [2.75, 3.05) is 0 Å². The molecule has 0 fully saturated rings. The highest BCUT2D eigenvalue weighted by Crippen LogP contribution is 2.22. The van der Waals surface area contributed by atoms with Crippen molar-refractivity contribution in [3.8, 4) is 0 Å². The third-order valence-corrected chi connectivity index (χ3v) is 5.32. The van der Waals surface area contributed by atoms with Gasteiger partial charge in [0.05, 0.1) is 6.54 Å². The molecular weight excluding hydrogens is 375 g/mol. The molecule has 0 N–H and O–H groups in total. The minimum Gasteiger partial charge on any atom is -0.281 e. The lowest BCUT2D eigenvalue weighted by Gasteiger charge is -2.13. The van der Waals surface area contributed by atoms with Gasteiger partial charge >= 0.3 is 0 Å². The first-order valence-corrected chi connectivity index (χ1v) is 9.73. The van der Waals surface area contributed by atoms with Crippen molar-refractivity contribution >= 4 is 22.9 Å². The predicted molar refractivity (Wildman–Crippen MR) is 108 cm³/mol. The summed E-state index contributed by atoms with van der Waals surface area (Å²) in [6, 6.07) is 14.4. The van der Waals surface area contributed by atoms with E-state index in [-0.39, 0.29) is 16.9 Å². The number of thioether (sulfide) groups is 1. The first kappa shape index (κ1) is 18.3. The quantitative estimate of drug-likeness (QED) is 0.380. The van der Waals surface area contributed by atoms with Gasteiger partial charge in [-0.2, -0.15) is 0 Å². The van der Waals surface area contributed by atoms with Crippen LogP contribution in [0.5, 0.6) is 0 Å². The second-order valence-corrected chi connectivity index (χ2v) is 7.36. The van der Waals surface area contributed by atoms with E-state index in [0.29, 0.717) is 23.1 Å². The van der Waals surface area contributed by atoms with E-state index in [1.54, 1.807) is 10.6 Å². The van der Waals surface area contributed by atoms with Gasteiger partial charge in [-0.15, -0.1) is 0 Å². The molecule has 0 spiro atoms. The molecule has 28 heavy (non-hydrogen) atoms. The van der Waals surface area contributed by atoms with Crippen molar-refractivity contribution < 1.29 is 4.39 Å². The summed E-state index contributed by atoms with van der Waals surface area (Å²) in [4.78, 5) is 25.9. The lowest BCUT2D eigenvalue weighted by molar-refractivity contribution is 0.626. The molecule has 7 heteroatoms. The minimum atomic E-state index is -0.285. The van der Waals surface area contributed by atoms with Crippen molar-refractivity contribution in [2.24, 2.45) is 0 Å². The van der Waals surface area contributed by atoms with E-state index in [1.807, 2.05) is 37.3 Å². The third kappa shape index (κ3) is 3.94. The Kier molecular flexibility index (Phi) is 5.16. The first-order valence-electron chi connectivity index (χ1n) is 8.74.